The van der Waals surface area contributed by atoms with E-state index in [-0.39, 0.29) is 0 Å². The molecule has 0 bridgehead atoms. The Morgan fingerprint density at radius 2 is 0.833 bits per heavy atom. The molecule has 0 rings (SSSR count). The summed E-state index contributed by atoms with van der Waals surface area (Å²) in [5.74, 6) is -78.5. The van der Waals surface area contributed by atoms with E-state index in [1.165, 1.54) is 0 Å². The first-order valence-corrected chi connectivity index (χ1v) is 9.49. The second-order valence-corrected chi connectivity index (χ2v) is 8.00. The molecule has 0 heterocycles. The third-order valence-corrected chi connectivity index (χ3v) is 4.96. The van der Waals surface area contributed by atoms with Crippen LogP contribution in [-0.4, -0.2) is 78.5 Å². The van der Waals surface area contributed by atoms with Crippen LogP contribution in [-0.2, 0) is 9.53 Å². The van der Waals surface area contributed by atoms with E-state index in [4.69, 9.17) is 0 Å². The van der Waals surface area contributed by atoms with Crippen molar-refractivity contribution in [1.82, 2.24) is 0 Å². The first-order valence-electron chi connectivity index (χ1n) is 9.49. The van der Waals surface area contributed by atoms with E-state index in [1.807, 2.05) is 0 Å². The highest BCUT2D eigenvalue weighted by Gasteiger charge is 2.96. The van der Waals surface area contributed by atoms with Crippen LogP contribution in [0.1, 0.15) is 6.92 Å². The summed E-state index contributed by atoms with van der Waals surface area (Å²) < 4.78 is 310. The zero-order valence-electron chi connectivity index (χ0n) is 19.0. The maximum Gasteiger partial charge on any atom is 0.400 e. The predicted molar refractivity (Wildman–Crippen MR) is 85.8 cm³/mol. The molecule has 42 heavy (non-hydrogen) atoms. The lowest BCUT2D eigenvalue weighted by molar-refractivity contribution is -0.462. The molecule has 0 fully saturated rings. The number of ether oxygens (including phenoxy) is 1. The second kappa shape index (κ2) is 10.9. The Hall–Kier alpha value is -2.40. The lowest BCUT2D eigenvalue weighted by Gasteiger charge is -2.44. The van der Waals surface area contributed by atoms with Crippen molar-refractivity contribution in [2.24, 2.45) is 5.92 Å². The minimum absolute atomic E-state index is 0.410. The number of rotatable bonds is 13. The highest BCUT2D eigenvalue weighted by molar-refractivity contribution is 5.87. The van der Waals surface area contributed by atoms with Crippen molar-refractivity contribution in [1.29, 1.82) is 0 Å². The first kappa shape index (κ1) is 39.6. The van der Waals surface area contributed by atoms with Crippen LogP contribution in [0.4, 0.5) is 101 Å². The zero-order valence-corrected chi connectivity index (χ0v) is 19.0. The number of halogens is 23. The minimum atomic E-state index is -9.28. The molecule has 0 aliphatic carbocycles. The quantitative estimate of drug-likeness (QED) is 0.111. The SMILES string of the molecule is C=C(C)C(=O)OC(F)C(F)(F)C(F)(F)C(F)(F)C(F)(F)C(F)(F)C(F)(F)C(F)(F)C(F)(F)C(F)C(C(F)F)C(F)(F)F. The summed E-state index contributed by atoms with van der Waals surface area (Å²) in [6, 6.07) is 0. The number of alkyl halides is 23. The van der Waals surface area contributed by atoms with Gasteiger partial charge < -0.3 is 4.74 Å². The van der Waals surface area contributed by atoms with Gasteiger partial charge in [0, 0.05) is 5.57 Å². The van der Waals surface area contributed by atoms with E-state index in [1.54, 1.807) is 0 Å². The molecule has 3 unspecified atom stereocenters. The molecule has 0 saturated carbocycles. The minimum Gasteiger partial charge on any atom is -0.421 e. The van der Waals surface area contributed by atoms with Crippen molar-refractivity contribution in [2.45, 2.75) is 79.4 Å². The van der Waals surface area contributed by atoms with Crippen LogP contribution < -0.4 is 0 Å². The van der Waals surface area contributed by atoms with Crippen molar-refractivity contribution >= 4 is 5.97 Å². The fraction of sp³-hybridized carbons (Fsp3) is 0.824. The average Bonchev–Trinajstić information content (AvgIpc) is 2.76. The van der Waals surface area contributed by atoms with Crippen LogP contribution in [0.25, 0.3) is 0 Å². The van der Waals surface area contributed by atoms with E-state index in [2.05, 4.69) is 11.3 Å². The Kier molecular flexibility index (Phi) is 10.3. The topological polar surface area (TPSA) is 26.3 Å². The Balaban J connectivity index is 7.06. The van der Waals surface area contributed by atoms with E-state index in [0.29, 0.717) is 6.92 Å². The molecular formula is C17H9F23O2. The Labute approximate surface area is 215 Å². The van der Waals surface area contributed by atoms with Gasteiger partial charge in [-0.15, -0.1) is 0 Å². The number of carbonyl (C=O) groups is 1. The number of hydrogen-bond donors (Lipinski definition) is 0. The lowest BCUT2D eigenvalue weighted by atomic mass is 9.84. The lowest BCUT2D eigenvalue weighted by Crippen LogP contribution is -2.76. The van der Waals surface area contributed by atoms with Crippen LogP contribution >= 0.6 is 0 Å². The molecular weight excluding hydrogens is 673 g/mol. The smallest absolute Gasteiger partial charge is 0.400 e. The monoisotopic (exact) mass is 682 g/mol. The number of hydrogen-bond acceptors (Lipinski definition) is 2. The Morgan fingerprint density at radius 3 is 1.10 bits per heavy atom. The first-order chi connectivity index (χ1) is 18.0. The van der Waals surface area contributed by atoms with E-state index < -0.39 is 90.0 Å². The van der Waals surface area contributed by atoms with Crippen LogP contribution in [0.3, 0.4) is 0 Å². The van der Waals surface area contributed by atoms with Gasteiger partial charge in [-0.05, 0) is 6.92 Å². The second-order valence-electron chi connectivity index (χ2n) is 8.00. The fourth-order valence-electron chi connectivity index (χ4n) is 2.45. The molecule has 0 aromatic heterocycles. The maximum atomic E-state index is 13.7. The molecule has 3 atom stereocenters. The summed E-state index contributed by atoms with van der Waals surface area (Å²) in [4.78, 5) is 10.9. The van der Waals surface area contributed by atoms with Crippen LogP contribution in [0.2, 0.25) is 0 Å². The van der Waals surface area contributed by atoms with Gasteiger partial charge in [0.05, 0.1) is 0 Å². The molecule has 0 saturated heterocycles. The highest BCUT2D eigenvalue weighted by atomic mass is 19.4. The summed E-state index contributed by atoms with van der Waals surface area (Å²) in [7, 11) is 0. The van der Waals surface area contributed by atoms with Crippen molar-refractivity contribution in [2.75, 3.05) is 0 Å². The Bertz CT molecular complexity index is 995. The molecule has 2 nitrogen and oxygen atoms in total. The van der Waals surface area contributed by atoms with Crippen LogP contribution in [0, 0.1) is 5.92 Å². The molecule has 0 aromatic carbocycles. The van der Waals surface area contributed by atoms with Crippen LogP contribution in [0.5, 0.6) is 0 Å². The predicted octanol–water partition coefficient (Wildman–Crippen LogP) is 8.27. The summed E-state index contributed by atoms with van der Waals surface area (Å²) in [5.41, 5.74) is -1.23. The van der Waals surface area contributed by atoms with E-state index in [0.717, 1.165) is 0 Å². The standard InChI is InChI=1S/C17H9F23O2/c1-3(2)7(41)42-8(21)10(24,25)13(31,32)15(35,36)17(39,40)16(37,38)14(33,34)12(29,30)9(22,23)5(18)4(6(19)20)11(26,27)28/h4-6,8H,1H2,2H3. The molecule has 25 heteroatoms. The molecule has 0 aliphatic heterocycles. The maximum absolute atomic E-state index is 13.7. The summed E-state index contributed by atoms with van der Waals surface area (Å²) in [5, 5.41) is 0. The molecule has 0 aromatic rings. The summed E-state index contributed by atoms with van der Waals surface area (Å²) in [6.07, 6.45) is -24.8. The average molecular weight is 682 g/mol. The van der Waals surface area contributed by atoms with Crippen LogP contribution in [0.15, 0.2) is 12.2 Å². The molecule has 250 valence electrons. The highest BCUT2D eigenvalue weighted by Crippen LogP contribution is 2.65. The van der Waals surface area contributed by atoms with Gasteiger partial charge in [0.1, 0.15) is 0 Å². The normalized spacial score (nSPS) is 17.6. The van der Waals surface area contributed by atoms with Crippen molar-refractivity contribution in [3.8, 4) is 0 Å². The third-order valence-electron chi connectivity index (χ3n) is 4.96. The van der Waals surface area contributed by atoms with Gasteiger partial charge in [0.25, 0.3) is 6.43 Å². The van der Waals surface area contributed by atoms with Gasteiger partial charge in [-0.1, -0.05) is 6.58 Å². The van der Waals surface area contributed by atoms with Gasteiger partial charge in [-0.25, -0.2) is 18.0 Å². The van der Waals surface area contributed by atoms with Crippen molar-refractivity contribution < 1.29 is 111 Å². The molecule has 0 radical (unpaired) electrons. The number of carbonyl (C=O) groups excluding carboxylic acids is 1. The molecule has 0 spiro atoms. The van der Waals surface area contributed by atoms with E-state index >= 15 is 0 Å². The molecule has 0 N–H and O–H groups in total. The largest absolute Gasteiger partial charge is 0.421 e. The molecule has 0 aliphatic rings. The van der Waals surface area contributed by atoms with E-state index in [9.17, 15) is 106 Å². The summed E-state index contributed by atoms with van der Waals surface area (Å²) >= 11 is 0. The zero-order chi connectivity index (χ0) is 34.7. The van der Waals surface area contributed by atoms with Gasteiger partial charge >= 0.3 is 65.9 Å². The van der Waals surface area contributed by atoms with Gasteiger partial charge in [-0.2, -0.15) is 87.8 Å². The fourth-order valence-corrected chi connectivity index (χ4v) is 2.45. The Morgan fingerprint density at radius 1 is 0.548 bits per heavy atom. The number of esters is 1. The third kappa shape index (κ3) is 5.63. The summed E-state index contributed by atoms with van der Waals surface area (Å²) in [6.45, 7) is 2.91. The molecule has 0 amide bonds. The van der Waals surface area contributed by atoms with Gasteiger partial charge in [0.2, 0.25) is 0 Å². The van der Waals surface area contributed by atoms with Gasteiger partial charge in [-0.3, -0.25) is 0 Å². The van der Waals surface area contributed by atoms with Crippen molar-refractivity contribution in [3.63, 3.8) is 0 Å². The van der Waals surface area contributed by atoms with Gasteiger partial charge in [0.15, 0.2) is 12.1 Å². The van der Waals surface area contributed by atoms with Crippen molar-refractivity contribution in [3.05, 3.63) is 12.2 Å².